The standard InChI is InChI=1S/C27H35N3O/c1-18-16-19(2)21(4)23(20(18)3)17-30-25-13-9-8-12-24(25)29-26(30)14-15-28-27(31)22-10-6-5-7-11-22/h8-9,12-13,16,22H,5-7,10-11,14-15,17H2,1-4H3,(H,28,31). The molecule has 1 amide bonds. The van der Waals surface area contributed by atoms with Gasteiger partial charge >= 0.3 is 0 Å². The second-order valence-electron chi connectivity index (χ2n) is 9.22. The molecule has 4 nitrogen and oxygen atoms in total. The first kappa shape index (κ1) is 21.6. The lowest BCUT2D eigenvalue weighted by Gasteiger charge is -2.21. The number of para-hydroxylation sites is 2. The maximum Gasteiger partial charge on any atom is 0.223 e. The number of aromatic nitrogens is 2. The van der Waals surface area contributed by atoms with Crippen LogP contribution in [-0.2, 0) is 17.8 Å². The summed E-state index contributed by atoms with van der Waals surface area (Å²) in [6.45, 7) is 10.3. The average molecular weight is 418 g/mol. The molecular formula is C27H35N3O. The van der Waals surface area contributed by atoms with E-state index in [1.54, 1.807) is 0 Å². The summed E-state index contributed by atoms with van der Waals surface area (Å²) in [5, 5.41) is 3.19. The van der Waals surface area contributed by atoms with Gasteiger partial charge in [0.1, 0.15) is 5.82 Å². The quantitative estimate of drug-likeness (QED) is 0.571. The molecule has 1 heterocycles. The van der Waals surface area contributed by atoms with Crippen LogP contribution in [0.4, 0.5) is 0 Å². The molecule has 31 heavy (non-hydrogen) atoms. The minimum absolute atomic E-state index is 0.202. The SMILES string of the molecule is Cc1cc(C)c(C)c(Cn2c(CCNC(=O)C3CCCCC3)nc3ccccc32)c1C. The highest BCUT2D eigenvalue weighted by Gasteiger charge is 2.21. The van der Waals surface area contributed by atoms with Crippen molar-refractivity contribution in [2.24, 2.45) is 5.92 Å². The molecular weight excluding hydrogens is 382 g/mol. The van der Waals surface area contributed by atoms with Gasteiger partial charge in [0.2, 0.25) is 5.91 Å². The monoisotopic (exact) mass is 417 g/mol. The molecule has 1 N–H and O–H groups in total. The van der Waals surface area contributed by atoms with Crippen LogP contribution >= 0.6 is 0 Å². The molecule has 0 saturated heterocycles. The number of nitrogens with zero attached hydrogens (tertiary/aromatic N) is 2. The first-order valence-corrected chi connectivity index (χ1v) is 11.7. The fourth-order valence-corrected chi connectivity index (χ4v) is 4.99. The summed E-state index contributed by atoms with van der Waals surface area (Å²) in [5.41, 5.74) is 8.96. The van der Waals surface area contributed by atoms with E-state index in [9.17, 15) is 4.79 Å². The van der Waals surface area contributed by atoms with Crippen LogP contribution in [0.1, 0.15) is 65.7 Å². The lowest BCUT2D eigenvalue weighted by molar-refractivity contribution is -0.125. The molecule has 3 aromatic rings. The van der Waals surface area contributed by atoms with Crippen molar-refractivity contribution in [1.29, 1.82) is 0 Å². The number of carbonyl (C=O) groups excluding carboxylic acids is 1. The van der Waals surface area contributed by atoms with Crippen LogP contribution in [0, 0.1) is 33.6 Å². The van der Waals surface area contributed by atoms with E-state index in [4.69, 9.17) is 4.98 Å². The van der Waals surface area contributed by atoms with E-state index in [1.165, 1.54) is 47.1 Å². The summed E-state index contributed by atoms with van der Waals surface area (Å²) in [7, 11) is 0. The first-order valence-electron chi connectivity index (χ1n) is 11.7. The molecule has 164 valence electrons. The topological polar surface area (TPSA) is 46.9 Å². The van der Waals surface area contributed by atoms with E-state index < -0.39 is 0 Å². The van der Waals surface area contributed by atoms with Crippen LogP contribution in [0.3, 0.4) is 0 Å². The van der Waals surface area contributed by atoms with Gasteiger partial charge in [-0.25, -0.2) is 4.98 Å². The Morgan fingerprint density at radius 1 is 1.03 bits per heavy atom. The van der Waals surface area contributed by atoms with E-state index in [1.807, 2.05) is 6.07 Å². The molecule has 1 fully saturated rings. The fourth-order valence-electron chi connectivity index (χ4n) is 4.99. The van der Waals surface area contributed by atoms with Crippen LogP contribution in [0.2, 0.25) is 0 Å². The summed E-state index contributed by atoms with van der Waals surface area (Å²) in [5.74, 6) is 1.47. The predicted molar refractivity (Wildman–Crippen MR) is 128 cm³/mol. The largest absolute Gasteiger partial charge is 0.355 e. The van der Waals surface area contributed by atoms with Crippen LogP contribution in [0.15, 0.2) is 30.3 Å². The number of imidazole rings is 1. The summed E-state index contributed by atoms with van der Waals surface area (Å²) in [6.07, 6.45) is 6.46. The minimum atomic E-state index is 0.202. The highest BCUT2D eigenvalue weighted by atomic mass is 16.1. The average Bonchev–Trinajstić information content (AvgIpc) is 3.13. The first-order chi connectivity index (χ1) is 15.0. The highest BCUT2D eigenvalue weighted by molar-refractivity contribution is 5.79. The van der Waals surface area contributed by atoms with E-state index in [-0.39, 0.29) is 11.8 Å². The molecule has 0 bridgehead atoms. The molecule has 0 unspecified atom stereocenters. The van der Waals surface area contributed by atoms with Gasteiger partial charge < -0.3 is 9.88 Å². The second-order valence-corrected chi connectivity index (χ2v) is 9.22. The van der Waals surface area contributed by atoms with Gasteiger partial charge in [-0.1, -0.05) is 37.5 Å². The molecule has 0 atom stereocenters. The summed E-state index contributed by atoms with van der Waals surface area (Å²) >= 11 is 0. The number of amides is 1. The lowest BCUT2D eigenvalue weighted by atomic mass is 9.89. The van der Waals surface area contributed by atoms with Crippen molar-refractivity contribution in [3.05, 3.63) is 64.0 Å². The highest BCUT2D eigenvalue weighted by Crippen LogP contribution is 2.26. The lowest BCUT2D eigenvalue weighted by Crippen LogP contribution is -2.33. The van der Waals surface area contributed by atoms with Crippen LogP contribution < -0.4 is 5.32 Å². The molecule has 2 aromatic carbocycles. The normalized spacial score (nSPS) is 14.8. The summed E-state index contributed by atoms with van der Waals surface area (Å²) < 4.78 is 2.34. The molecule has 0 aliphatic heterocycles. The van der Waals surface area contributed by atoms with E-state index >= 15 is 0 Å². The third-order valence-corrected chi connectivity index (χ3v) is 7.19. The Balaban J connectivity index is 1.58. The van der Waals surface area contributed by atoms with Crippen molar-refractivity contribution in [3.63, 3.8) is 0 Å². The molecule has 4 heteroatoms. The number of nitrogens with one attached hydrogen (secondary N) is 1. The zero-order valence-corrected chi connectivity index (χ0v) is 19.4. The van der Waals surface area contributed by atoms with Crippen molar-refractivity contribution < 1.29 is 4.79 Å². The third kappa shape index (κ3) is 4.53. The van der Waals surface area contributed by atoms with Crippen LogP contribution in [0.5, 0.6) is 0 Å². The Morgan fingerprint density at radius 2 is 1.71 bits per heavy atom. The zero-order chi connectivity index (χ0) is 22.0. The number of benzene rings is 2. The number of hydrogen-bond donors (Lipinski definition) is 1. The molecule has 1 aliphatic rings. The summed E-state index contributed by atoms with van der Waals surface area (Å²) in [6, 6.07) is 10.6. The Hall–Kier alpha value is -2.62. The predicted octanol–water partition coefficient (Wildman–Crippen LogP) is 5.56. The fraction of sp³-hybridized carbons (Fsp3) is 0.481. The van der Waals surface area contributed by atoms with Crippen molar-refractivity contribution in [2.75, 3.05) is 6.54 Å². The minimum Gasteiger partial charge on any atom is -0.355 e. The Kier molecular flexibility index (Phi) is 6.45. The van der Waals surface area contributed by atoms with Gasteiger partial charge in [0, 0.05) is 25.4 Å². The number of aryl methyl sites for hydroxylation is 2. The van der Waals surface area contributed by atoms with Gasteiger partial charge in [-0.3, -0.25) is 4.79 Å². The van der Waals surface area contributed by atoms with Gasteiger partial charge in [0.15, 0.2) is 0 Å². The molecule has 1 saturated carbocycles. The van der Waals surface area contributed by atoms with Gasteiger partial charge in [0.25, 0.3) is 0 Å². The van der Waals surface area contributed by atoms with E-state index in [0.29, 0.717) is 6.54 Å². The molecule has 4 rings (SSSR count). The number of carbonyl (C=O) groups is 1. The van der Waals surface area contributed by atoms with Gasteiger partial charge in [-0.05, 0) is 80.5 Å². The Bertz CT molecular complexity index is 1060. The molecule has 1 aromatic heterocycles. The number of hydrogen-bond acceptors (Lipinski definition) is 2. The van der Waals surface area contributed by atoms with Crippen molar-refractivity contribution >= 4 is 16.9 Å². The van der Waals surface area contributed by atoms with Crippen molar-refractivity contribution in [2.45, 2.75) is 72.8 Å². The van der Waals surface area contributed by atoms with Crippen LogP contribution in [-0.4, -0.2) is 22.0 Å². The van der Waals surface area contributed by atoms with E-state index in [2.05, 4.69) is 61.8 Å². The molecule has 0 spiro atoms. The van der Waals surface area contributed by atoms with Gasteiger partial charge in [-0.15, -0.1) is 0 Å². The Morgan fingerprint density at radius 3 is 2.42 bits per heavy atom. The summed E-state index contributed by atoms with van der Waals surface area (Å²) in [4.78, 5) is 17.5. The van der Waals surface area contributed by atoms with Gasteiger partial charge in [0.05, 0.1) is 11.0 Å². The molecule has 0 radical (unpaired) electrons. The van der Waals surface area contributed by atoms with Crippen molar-refractivity contribution in [3.8, 4) is 0 Å². The molecule has 1 aliphatic carbocycles. The smallest absolute Gasteiger partial charge is 0.223 e. The zero-order valence-electron chi connectivity index (χ0n) is 19.4. The number of fused-ring (bicyclic) bond motifs is 1. The maximum atomic E-state index is 12.6. The van der Waals surface area contributed by atoms with Crippen molar-refractivity contribution in [1.82, 2.24) is 14.9 Å². The van der Waals surface area contributed by atoms with E-state index in [0.717, 1.165) is 42.7 Å². The maximum absolute atomic E-state index is 12.6. The Labute approximate surface area is 186 Å². The second kappa shape index (κ2) is 9.25. The van der Waals surface area contributed by atoms with Gasteiger partial charge in [-0.2, -0.15) is 0 Å². The third-order valence-electron chi connectivity index (χ3n) is 7.19. The number of rotatable bonds is 6. The van der Waals surface area contributed by atoms with Crippen LogP contribution in [0.25, 0.3) is 11.0 Å².